The number of benzene rings is 2. The van der Waals surface area contributed by atoms with Crippen LogP contribution in [0.15, 0.2) is 377 Å². The Bertz CT molecular complexity index is 8700. The zero-order valence-corrected chi connectivity index (χ0v) is 81.4. The van der Waals surface area contributed by atoms with Gasteiger partial charge in [0.1, 0.15) is 73.5 Å². The summed E-state index contributed by atoms with van der Waals surface area (Å²) in [6.45, 7) is 4.11. The van der Waals surface area contributed by atoms with Crippen molar-refractivity contribution in [3.63, 3.8) is 0 Å². The van der Waals surface area contributed by atoms with E-state index in [2.05, 4.69) is 107 Å². The number of aromatic nitrogens is 21. The van der Waals surface area contributed by atoms with Gasteiger partial charge >= 0.3 is 0 Å². The van der Waals surface area contributed by atoms with Crippen molar-refractivity contribution in [2.75, 3.05) is 45.1 Å². The van der Waals surface area contributed by atoms with Gasteiger partial charge in [-0.05, 0) is 147 Å². The standard InChI is InChI=1S/C18H13N5O3S.C17H14N4O5S.C15H12ClN5O3S.C15H13N5O3S.C14H12N4O3S.C13H10N4O4S/c24-18(17-7-3-4-8-19-17)22-14-10-21-23(12-14)27(25,26)15-9-13-5-1-2-6-16(13)20-11-15;22-17(14-3-1-2-6-18-14)20-12-10-19-21(11-12)27(23,24)13-4-5-15-16(9-13)26-8-7-25-15;1-10-6-12(8-18-14(10)16)25(23,24)21-9-11(7-19-21)20-15(22)13-4-2-3-5-17-13;1-11-5-4-7-14(18-11)24(22,23)20-10-12(9-17-20)19-15(21)13-6-2-3-8-16-13;19-14(13-7-3-4-8-15-13)17-11-9-16-18(10-11)22(20,21)12-5-1-2-6-12;18-13(12-3-1-2-5-14-12)16-10-7-15-17(8-10)22(19,20)11-4-6-21-9-11/h1-12H,(H,22,24);1-6,9-11H,7-8H2,(H,20,22);2-9H,1H3,(H,20,22);2-10H,1H3,(H,19,21);1-5,7-10H,6H2,(H,17,19);1-9H,(H,16,18). The lowest BCUT2D eigenvalue weighted by atomic mass is 10.2. The number of rotatable bonds is 24. The van der Waals surface area contributed by atoms with Gasteiger partial charge in [0, 0.05) is 73.1 Å². The fraction of sp³-hybridized carbons (Fsp3) is 0.0543. The predicted octanol–water partition coefficient (Wildman–Crippen LogP) is 10.4. The van der Waals surface area contributed by atoms with E-state index in [0.717, 1.165) is 37.0 Å². The molecule has 0 saturated heterocycles. The maximum Gasteiger partial charge on any atom is 0.300 e. The zero-order valence-electron chi connectivity index (χ0n) is 75.7. The highest BCUT2D eigenvalue weighted by Gasteiger charge is 2.29. The van der Waals surface area contributed by atoms with Crippen molar-refractivity contribution in [3.05, 3.63) is 398 Å². The highest BCUT2D eigenvalue weighted by Crippen LogP contribution is 2.34. The first kappa shape index (κ1) is 103. The minimum absolute atomic E-state index is 0.00236. The molecular formula is C92H74ClN27O21S6. The highest BCUT2D eigenvalue weighted by atomic mass is 35.5. The lowest BCUT2D eigenvalue weighted by molar-refractivity contribution is 0.101. The normalized spacial score (nSPS) is 12.0. The van der Waals surface area contributed by atoms with Crippen LogP contribution < -0.4 is 41.4 Å². The molecule has 6 N–H and O–H groups in total. The van der Waals surface area contributed by atoms with Gasteiger partial charge < -0.3 is 45.8 Å². The molecular weight excluding hydrogens is 2050 g/mol. The minimum atomic E-state index is -3.95. The molecule has 0 bridgehead atoms. The molecule has 2 aliphatic rings. The van der Waals surface area contributed by atoms with Crippen molar-refractivity contribution < 1.29 is 93.2 Å². The Labute approximate surface area is 839 Å². The molecule has 0 fully saturated rings. The predicted molar refractivity (Wildman–Crippen MR) is 526 cm³/mol. The molecule has 0 spiro atoms. The van der Waals surface area contributed by atoms with Gasteiger partial charge in [-0.25, -0.2) is 9.97 Å². The Morgan fingerprint density at radius 2 is 0.687 bits per heavy atom. The van der Waals surface area contributed by atoms with Crippen LogP contribution in [0.5, 0.6) is 11.5 Å². The fourth-order valence-electron chi connectivity index (χ4n) is 12.5. The van der Waals surface area contributed by atoms with E-state index < -0.39 is 95.6 Å². The number of para-hydroxylation sites is 1. The number of ether oxygens (including phenoxy) is 2. The number of hydrogen-bond acceptors (Lipinski definition) is 36. The van der Waals surface area contributed by atoms with E-state index in [4.69, 9.17) is 25.5 Å². The van der Waals surface area contributed by atoms with Gasteiger partial charge in [-0.3, -0.25) is 63.7 Å². The second kappa shape index (κ2) is 45.6. The Hall–Kier alpha value is -18.5. The number of amides is 6. The molecule has 1 aliphatic carbocycles. The number of furan rings is 1. The molecule has 1 aliphatic heterocycles. The van der Waals surface area contributed by atoms with E-state index in [1.54, 1.807) is 166 Å². The fourth-order valence-corrected chi connectivity index (χ4v) is 19.4. The van der Waals surface area contributed by atoms with E-state index in [9.17, 15) is 79.3 Å². The Morgan fingerprint density at radius 3 is 1.05 bits per heavy atom. The number of fused-ring (bicyclic) bond motifs is 2. The average Bonchev–Trinajstić information content (AvgIpc) is 1.69. The Morgan fingerprint density at radius 1 is 0.333 bits per heavy atom. The summed E-state index contributed by atoms with van der Waals surface area (Å²) in [6, 6.07) is 50.0. The summed E-state index contributed by atoms with van der Waals surface area (Å²) in [5, 5.41) is 38.9. The van der Waals surface area contributed by atoms with Gasteiger partial charge in [-0.1, -0.05) is 84.4 Å². The first-order chi connectivity index (χ1) is 70.6. The number of aryl methyl sites for hydroxylation is 2. The van der Waals surface area contributed by atoms with Crippen LogP contribution >= 0.6 is 11.6 Å². The zero-order chi connectivity index (χ0) is 104. The van der Waals surface area contributed by atoms with E-state index in [-0.39, 0.29) is 103 Å². The summed E-state index contributed by atoms with van der Waals surface area (Å²) in [5.74, 6) is -1.89. The number of nitrogens with one attached hydrogen (secondary N) is 6. The first-order valence-corrected chi connectivity index (χ1v) is 51.4. The number of nitrogens with zero attached hydrogens (tertiary/aromatic N) is 21. The summed E-state index contributed by atoms with van der Waals surface area (Å²) in [7, 11) is -23.2. The Kier molecular flexibility index (Phi) is 31.9. The molecule has 0 unspecified atom stereocenters. The molecule has 147 heavy (non-hydrogen) atoms. The Balaban J connectivity index is 0.000000132. The third-order valence-electron chi connectivity index (χ3n) is 19.7. The molecule has 55 heteroatoms. The second-order valence-electron chi connectivity index (χ2n) is 29.9. The molecule has 2 aromatic carbocycles. The van der Waals surface area contributed by atoms with Crippen molar-refractivity contribution in [2.24, 2.45) is 0 Å². The number of anilines is 6. The van der Waals surface area contributed by atoms with Crippen molar-refractivity contribution in [2.45, 2.75) is 44.9 Å². The van der Waals surface area contributed by atoms with Crippen LogP contribution in [0.2, 0.25) is 5.15 Å². The van der Waals surface area contributed by atoms with E-state index in [0.29, 0.717) is 53.3 Å². The van der Waals surface area contributed by atoms with Crippen molar-refractivity contribution in [1.29, 1.82) is 0 Å². The summed E-state index contributed by atoms with van der Waals surface area (Å²) in [6.07, 6.45) is 33.8. The average molecular weight is 2120 g/mol. The molecule has 0 radical (unpaired) electrons. The van der Waals surface area contributed by atoms with Crippen LogP contribution in [0.1, 0.15) is 80.6 Å². The molecule has 0 saturated carbocycles. The molecule has 18 aromatic rings. The number of carbonyl (C=O) groups is 6. The number of halogens is 1. The van der Waals surface area contributed by atoms with Crippen molar-refractivity contribution in [1.82, 2.24) is 100.0 Å². The van der Waals surface area contributed by atoms with E-state index in [1.165, 1.54) is 173 Å². The molecule has 48 nitrogen and oxygen atoms in total. The van der Waals surface area contributed by atoms with Crippen molar-refractivity contribution >= 4 is 152 Å². The van der Waals surface area contributed by atoms with E-state index in [1.807, 2.05) is 6.07 Å². The van der Waals surface area contributed by atoms with Crippen LogP contribution in [-0.2, 0) is 60.1 Å². The van der Waals surface area contributed by atoms with Crippen LogP contribution in [0.4, 0.5) is 34.1 Å². The smallest absolute Gasteiger partial charge is 0.300 e. The maximum absolute atomic E-state index is 12.8. The third kappa shape index (κ3) is 25.5. The molecule has 20 rings (SSSR count). The number of pyridine rings is 9. The SMILES string of the molecule is Cc1cc(S(=O)(=O)n2cc(NC(=O)c3ccccn3)cn2)cnc1Cl.Cc1cccc(S(=O)(=O)n2cc(NC(=O)c3ccccn3)cn2)n1.O=C(Nc1cnn(S(=O)(=O)C2=CC=CC2)c1)c1ccccn1.O=C(Nc1cnn(S(=O)(=O)c2ccc3c(c2)OCCO3)c1)c1ccccn1.O=C(Nc1cnn(S(=O)(=O)c2ccoc2)c1)c1ccccn1.O=C(Nc1cnn(S(=O)(=O)c2cnc3ccccc3c2)c1)c1ccccn1. The van der Waals surface area contributed by atoms with Gasteiger partial charge in [0.2, 0.25) is 0 Å². The second-order valence-corrected chi connectivity index (χ2v) is 41.1. The molecule has 17 heterocycles. The van der Waals surface area contributed by atoms with Crippen molar-refractivity contribution in [3.8, 4) is 11.5 Å². The molecule has 16 aromatic heterocycles. The van der Waals surface area contributed by atoms with E-state index >= 15 is 0 Å². The quantitative estimate of drug-likeness (QED) is 0.0306. The number of hydrogen-bond donors (Lipinski definition) is 6. The van der Waals surface area contributed by atoms with Gasteiger partial charge in [-0.15, -0.1) is 0 Å². The van der Waals surface area contributed by atoms with Gasteiger partial charge in [0.25, 0.3) is 95.6 Å². The van der Waals surface area contributed by atoms with Gasteiger partial charge in [-0.2, -0.15) is 106 Å². The minimum Gasteiger partial charge on any atom is -0.486 e. The summed E-state index contributed by atoms with van der Waals surface area (Å²) < 4.78 is 170. The summed E-state index contributed by atoms with van der Waals surface area (Å²) >= 11 is 5.81. The lowest BCUT2D eigenvalue weighted by Crippen LogP contribution is -2.17. The van der Waals surface area contributed by atoms with Crippen LogP contribution in [0.3, 0.4) is 0 Å². The molecule has 0 atom stereocenters. The lowest BCUT2D eigenvalue weighted by Gasteiger charge is -2.18. The van der Waals surface area contributed by atoms with Crippen LogP contribution in [0.25, 0.3) is 10.9 Å². The number of allylic oxidation sites excluding steroid dienone is 4. The monoisotopic (exact) mass is 2120 g/mol. The van der Waals surface area contributed by atoms with Gasteiger partial charge in [0.15, 0.2) is 16.5 Å². The highest BCUT2D eigenvalue weighted by molar-refractivity contribution is 7.93. The van der Waals surface area contributed by atoms with Crippen LogP contribution in [0, 0.1) is 13.8 Å². The third-order valence-corrected chi connectivity index (χ3v) is 29.3. The molecule has 6 amide bonds. The first-order valence-electron chi connectivity index (χ1n) is 42.4. The maximum atomic E-state index is 12.8. The number of carbonyl (C=O) groups excluding carboxylic acids is 6. The van der Waals surface area contributed by atoms with Crippen LogP contribution in [-0.4, -0.2) is 199 Å². The summed E-state index contributed by atoms with van der Waals surface area (Å²) in [4.78, 5) is 108. The van der Waals surface area contributed by atoms with Gasteiger partial charge in [0.05, 0.1) is 130 Å². The molecule has 746 valence electrons. The largest absolute Gasteiger partial charge is 0.486 e. The topological polar surface area (TPSA) is 634 Å². The summed E-state index contributed by atoms with van der Waals surface area (Å²) in [5.41, 5.74) is 4.54.